The van der Waals surface area contributed by atoms with Crippen molar-refractivity contribution in [1.82, 2.24) is 25.4 Å². The van der Waals surface area contributed by atoms with Crippen molar-refractivity contribution in [2.75, 3.05) is 20.6 Å². The van der Waals surface area contributed by atoms with Crippen LogP contribution in [0.2, 0.25) is 0 Å². The lowest BCUT2D eigenvalue weighted by Gasteiger charge is -2.48. The summed E-state index contributed by atoms with van der Waals surface area (Å²) in [6.07, 6.45) is 2.80. The molecular weight excluding hydrogens is 667 g/mol. The molecule has 1 aromatic heterocycles. The van der Waals surface area contributed by atoms with Gasteiger partial charge >= 0.3 is 5.97 Å². The first-order valence-electron chi connectivity index (χ1n) is 18.2. The van der Waals surface area contributed by atoms with Crippen molar-refractivity contribution in [3.63, 3.8) is 0 Å². The number of carbonyl (C=O) groups is 5. The summed E-state index contributed by atoms with van der Waals surface area (Å²) in [4.78, 5) is 73.8. The molecule has 3 rings (SSSR count). The summed E-state index contributed by atoms with van der Waals surface area (Å²) in [5.74, 6) is -2.73. The zero-order valence-electron chi connectivity index (χ0n) is 32.1. The van der Waals surface area contributed by atoms with E-state index >= 15 is 0 Å². The summed E-state index contributed by atoms with van der Waals surface area (Å²) in [7, 11) is 3.73. The monoisotopic (exact) mass is 725 g/mol. The minimum atomic E-state index is -0.933. The molecule has 3 N–H and O–H groups in total. The Morgan fingerprint density at radius 3 is 2.22 bits per heavy atom. The first-order chi connectivity index (χ1) is 23.9. The van der Waals surface area contributed by atoms with E-state index in [1.54, 1.807) is 24.3 Å². The van der Waals surface area contributed by atoms with E-state index in [9.17, 15) is 29.1 Å². The molecule has 1 aliphatic heterocycles. The van der Waals surface area contributed by atoms with E-state index in [4.69, 9.17) is 0 Å². The molecule has 2 aromatic rings. The zero-order valence-corrected chi connectivity index (χ0v) is 32.9. The highest BCUT2D eigenvalue weighted by Crippen LogP contribution is 2.35. The molecule has 0 radical (unpaired) electrons. The molecule has 282 valence electrons. The number of benzene rings is 1. The lowest BCUT2D eigenvalue weighted by molar-refractivity contribution is -0.146. The number of aliphatic carboxylic acids is 1. The molecule has 0 bridgehead atoms. The standard InChI is InChI=1S/C39H59N5O6S/c1-11-25(5)30(20-34(46)39(8)16-17-43(39)9)37(48)44(10)33(23(2)3)21-31(40-27(7)45)36-42-32(22-51-36)35(47)41-29(18-26(6)38(49)50)19-28-14-12-24(4)13-15-28/h12-15,22-23,25-26,29-31,33H,11,16-21H2,1-10H3,(H,40,45)(H,41,47)(H,49,50)/t25-,26-,29+,30-,31+,33+,39?/m0/s1. The van der Waals surface area contributed by atoms with Crippen LogP contribution in [-0.4, -0.2) is 87.6 Å². The molecule has 1 saturated heterocycles. The molecule has 2 heterocycles. The number of aryl methyl sites for hydroxylation is 1. The number of carboxylic acid groups (broad SMARTS) is 1. The Bertz CT molecular complexity index is 1530. The van der Waals surface area contributed by atoms with Crippen LogP contribution in [0.1, 0.15) is 113 Å². The van der Waals surface area contributed by atoms with Crippen LogP contribution in [0.4, 0.5) is 0 Å². The van der Waals surface area contributed by atoms with Gasteiger partial charge in [0.15, 0.2) is 5.78 Å². The van der Waals surface area contributed by atoms with Crippen LogP contribution in [0.15, 0.2) is 29.6 Å². The van der Waals surface area contributed by atoms with Gasteiger partial charge in [0.25, 0.3) is 5.91 Å². The van der Waals surface area contributed by atoms with Crippen LogP contribution in [-0.2, 0) is 25.6 Å². The van der Waals surface area contributed by atoms with Gasteiger partial charge in [0.1, 0.15) is 10.7 Å². The van der Waals surface area contributed by atoms with Crippen molar-refractivity contribution in [3.05, 3.63) is 51.5 Å². The van der Waals surface area contributed by atoms with E-state index < -0.39 is 41.3 Å². The number of thiazole rings is 1. The lowest BCUT2D eigenvalue weighted by atomic mass is 9.76. The first kappa shape index (κ1) is 41.8. The van der Waals surface area contributed by atoms with Gasteiger partial charge in [0, 0.05) is 50.3 Å². The highest BCUT2D eigenvalue weighted by atomic mass is 32.1. The third-order valence-electron chi connectivity index (χ3n) is 11.0. The van der Waals surface area contributed by atoms with E-state index in [1.807, 2.05) is 72.9 Å². The van der Waals surface area contributed by atoms with Crippen LogP contribution in [0.5, 0.6) is 0 Å². The van der Waals surface area contributed by atoms with Gasteiger partial charge < -0.3 is 20.6 Å². The van der Waals surface area contributed by atoms with Crippen LogP contribution in [0.3, 0.4) is 0 Å². The maximum absolute atomic E-state index is 14.2. The van der Waals surface area contributed by atoms with Gasteiger partial charge in [-0.3, -0.25) is 28.9 Å². The molecule has 0 spiro atoms. The number of nitrogens with one attached hydrogen (secondary N) is 2. The number of amides is 3. The summed E-state index contributed by atoms with van der Waals surface area (Å²) in [5, 5.41) is 17.7. The molecule has 1 aliphatic rings. The predicted molar refractivity (Wildman–Crippen MR) is 200 cm³/mol. The van der Waals surface area contributed by atoms with Crippen LogP contribution in [0.25, 0.3) is 0 Å². The number of rotatable bonds is 19. The number of Topliss-reactive ketones (excluding diaryl/α,β-unsaturated/α-hetero) is 1. The molecule has 1 fully saturated rings. The number of ketones is 1. The Hall–Kier alpha value is -3.64. The third-order valence-corrected chi connectivity index (χ3v) is 11.9. The summed E-state index contributed by atoms with van der Waals surface area (Å²) >= 11 is 1.25. The predicted octanol–water partition coefficient (Wildman–Crippen LogP) is 5.67. The largest absolute Gasteiger partial charge is 0.481 e. The maximum atomic E-state index is 14.2. The van der Waals surface area contributed by atoms with E-state index in [0.717, 1.165) is 30.5 Å². The fourth-order valence-corrected chi connectivity index (χ4v) is 7.67. The average Bonchev–Trinajstić information content (AvgIpc) is 3.58. The van der Waals surface area contributed by atoms with Gasteiger partial charge in [0.2, 0.25) is 11.8 Å². The molecule has 0 saturated carbocycles. The van der Waals surface area contributed by atoms with Gasteiger partial charge in [0.05, 0.1) is 17.5 Å². The van der Waals surface area contributed by atoms with E-state index in [-0.39, 0.29) is 54.0 Å². The van der Waals surface area contributed by atoms with Gasteiger partial charge in [-0.05, 0) is 64.0 Å². The average molecular weight is 726 g/mol. The van der Waals surface area contributed by atoms with Crippen molar-refractivity contribution < 1.29 is 29.1 Å². The Labute approximate surface area is 308 Å². The fourth-order valence-electron chi connectivity index (χ4n) is 6.81. The summed E-state index contributed by atoms with van der Waals surface area (Å²) in [6, 6.07) is 6.61. The fraction of sp³-hybridized carbons (Fsp3) is 0.641. The number of carbonyl (C=O) groups excluding carboxylic acids is 4. The minimum absolute atomic E-state index is 0.00480. The second-order valence-electron chi connectivity index (χ2n) is 15.2. The summed E-state index contributed by atoms with van der Waals surface area (Å²) in [6.45, 7) is 16.0. The van der Waals surface area contributed by atoms with Crippen molar-refractivity contribution in [1.29, 1.82) is 0 Å². The zero-order chi connectivity index (χ0) is 38.2. The van der Waals surface area contributed by atoms with E-state index in [2.05, 4.69) is 20.5 Å². The van der Waals surface area contributed by atoms with Crippen molar-refractivity contribution in [2.24, 2.45) is 23.7 Å². The van der Waals surface area contributed by atoms with E-state index in [0.29, 0.717) is 17.8 Å². The van der Waals surface area contributed by atoms with Gasteiger partial charge in [-0.15, -0.1) is 11.3 Å². The molecule has 11 nitrogen and oxygen atoms in total. The normalized spacial score (nSPS) is 19.6. The molecule has 51 heavy (non-hydrogen) atoms. The Balaban J connectivity index is 1.82. The van der Waals surface area contributed by atoms with Gasteiger partial charge in [-0.1, -0.05) is 70.9 Å². The second kappa shape index (κ2) is 18.2. The van der Waals surface area contributed by atoms with E-state index in [1.165, 1.54) is 18.3 Å². The Morgan fingerprint density at radius 2 is 1.71 bits per heavy atom. The second-order valence-corrected chi connectivity index (χ2v) is 16.1. The summed E-state index contributed by atoms with van der Waals surface area (Å²) in [5.41, 5.74) is 1.73. The Morgan fingerprint density at radius 1 is 1.06 bits per heavy atom. The van der Waals surface area contributed by atoms with Crippen molar-refractivity contribution in [3.8, 4) is 0 Å². The van der Waals surface area contributed by atoms with Crippen LogP contribution in [0, 0.1) is 30.6 Å². The molecule has 12 heteroatoms. The first-order valence-corrected chi connectivity index (χ1v) is 19.1. The number of hydrogen-bond acceptors (Lipinski definition) is 8. The van der Waals surface area contributed by atoms with Crippen LogP contribution >= 0.6 is 11.3 Å². The third kappa shape index (κ3) is 10.9. The van der Waals surface area contributed by atoms with Crippen LogP contribution < -0.4 is 10.6 Å². The number of carboxylic acids is 1. The van der Waals surface area contributed by atoms with Gasteiger partial charge in [-0.25, -0.2) is 4.98 Å². The van der Waals surface area contributed by atoms with Crippen molar-refractivity contribution in [2.45, 2.75) is 118 Å². The number of hydrogen-bond donors (Lipinski definition) is 3. The topological polar surface area (TPSA) is 149 Å². The SMILES string of the molecule is CC[C@H](C)[C@H](CC(=O)C1(C)CCN1C)C(=O)N(C)[C@H](C[C@@H](NC(C)=O)c1nc(C(=O)N[C@@H](Cc2ccc(C)cc2)C[C@H](C)C(=O)O)cs1)C(C)C. The minimum Gasteiger partial charge on any atom is -0.481 e. The smallest absolute Gasteiger partial charge is 0.306 e. The highest BCUT2D eigenvalue weighted by Gasteiger charge is 2.46. The number of likely N-dealkylation sites (tertiary alicyclic amines) is 1. The summed E-state index contributed by atoms with van der Waals surface area (Å²) < 4.78 is 0. The molecule has 7 atom stereocenters. The molecule has 3 amide bonds. The molecule has 1 aromatic carbocycles. The van der Waals surface area contributed by atoms with Gasteiger partial charge in [-0.2, -0.15) is 0 Å². The number of aromatic nitrogens is 1. The number of likely N-dealkylation sites (N-methyl/N-ethyl adjacent to an activating group) is 1. The molecule has 1 unspecified atom stereocenters. The Kier molecular flexibility index (Phi) is 14.9. The van der Waals surface area contributed by atoms with Crippen molar-refractivity contribution >= 4 is 40.8 Å². The molecular formula is C39H59N5O6S. The molecule has 0 aliphatic carbocycles. The lowest BCUT2D eigenvalue weighted by Crippen LogP contribution is -2.61. The quantitative estimate of drug-likeness (QED) is 0.168. The highest BCUT2D eigenvalue weighted by molar-refractivity contribution is 7.09. The number of nitrogens with zero attached hydrogens (tertiary/aromatic N) is 3. The maximum Gasteiger partial charge on any atom is 0.306 e.